The average Bonchev–Trinajstić information content (AvgIpc) is 2.15. The Bertz CT molecular complexity index is 700. The van der Waals surface area contributed by atoms with Crippen LogP contribution in [0, 0.1) is 0 Å². The van der Waals surface area contributed by atoms with Gasteiger partial charge in [0, 0.05) is 6.26 Å². The predicted molar refractivity (Wildman–Crippen MR) is 79.1 cm³/mol. The number of sulfonamides is 1. The Labute approximate surface area is 119 Å². The van der Waals surface area contributed by atoms with Crippen LogP contribution in [-0.4, -0.2) is 33.3 Å². The number of phenols is 1. The van der Waals surface area contributed by atoms with Crippen molar-refractivity contribution in [2.24, 2.45) is 0 Å². The van der Waals surface area contributed by atoms with E-state index < -0.39 is 24.9 Å². The Morgan fingerprint density at radius 2 is 1.70 bits per heavy atom. The number of rotatable bonds is 4. The van der Waals surface area contributed by atoms with Crippen LogP contribution in [0.15, 0.2) is 18.2 Å². The molecule has 1 rings (SSSR count). The van der Waals surface area contributed by atoms with Gasteiger partial charge < -0.3 is 5.11 Å². The summed E-state index contributed by atoms with van der Waals surface area (Å²) in [7, 11) is -7.76. The Hall–Kier alpha value is -1.28. The zero-order valence-corrected chi connectivity index (χ0v) is 13.5. The van der Waals surface area contributed by atoms with Crippen molar-refractivity contribution in [2.75, 3.05) is 16.1 Å². The lowest BCUT2D eigenvalue weighted by Crippen LogP contribution is -2.22. The number of benzene rings is 1. The van der Waals surface area contributed by atoms with Gasteiger partial charge in [-0.2, -0.15) is 0 Å². The standard InChI is InChI=1S/C12H19NO5S2/c1-12(2,3)9-5-6-11(14)10(7-9)13-20(17,18)8-19(4,15)16/h5-7,13-14H,8H2,1-4H3. The van der Waals surface area contributed by atoms with Crippen LogP contribution in [0.4, 0.5) is 5.69 Å². The third-order valence-electron chi connectivity index (χ3n) is 2.50. The highest BCUT2D eigenvalue weighted by Crippen LogP contribution is 2.31. The first kappa shape index (κ1) is 16.8. The minimum Gasteiger partial charge on any atom is -0.506 e. The number of sulfone groups is 1. The smallest absolute Gasteiger partial charge is 0.247 e. The van der Waals surface area contributed by atoms with Crippen molar-refractivity contribution in [3.05, 3.63) is 23.8 Å². The number of hydrogen-bond acceptors (Lipinski definition) is 5. The van der Waals surface area contributed by atoms with Gasteiger partial charge in [-0.1, -0.05) is 26.8 Å². The molecule has 0 fully saturated rings. The summed E-state index contributed by atoms with van der Waals surface area (Å²) in [5.41, 5.74) is 0.554. The summed E-state index contributed by atoms with van der Waals surface area (Å²) in [5.74, 6) is -0.255. The predicted octanol–water partition coefficient (Wildman–Crippen LogP) is 1.43. The SMILES string of the molecule is CC(C)(C)c1ccc(O)c(NS(=O)(=O)CS(C)(=O)=O)c1. The van der Waals surface area contributed by atoms with E-state index in [1.54, 1.807) is 6.07 Å². The van der Waals surface area contributed by atoms with E-state index in [9.17, 15) is 21.9 Å². The number of hydrogen-bond donors (Lipinski definition) is 2. The highest BCUT2D eigenvalue weighted by Gasteiger charge is 2.21. The fraction of sp³-hybridized carbons (Fsp3) is 0.500. The molecule has 114 valence electrons. The van der Waals surface area contributed by atoms with Crippen molar-refractivity contribution < 1.29 is 21.9 Å². The molecule has 1 aromatic rings. The van der Waals surface area contributed by atoms with E-state index in [-0.39, 0.29) is 16.9 Å². The fourth-order valence-corrected chi connectivity index (χ4v) is 4.55. The van der Waals surface area contributed by atoms with Crippen LogP contribution < -0.4 is 4.72 Å². The minimum absolute atomic E-state index is 0.0268. The van der Waals surface area contributed by atoms with E-state index >= 15 is 0 Å². The van der Waals surface area contributed by atoms with Crippen molar-refractivity contribution in [3.8, 4) is 5.75 Å². The largest absolute Gasteiger partial charge is 0.506 e. The van der Waals surface area contributed by atoms with Gasteiger partial charge in [0.25, 0.3) is 0 Å². The van der Waals surface area contributed by atoms with Crippen molar-refractivity contribution in [2.45, 2.75) is 26.2 Å². The monoisotopic (exact) mass is 321 g/mol. The van der Waals surface area contributed by atoms with Gasteiger partial charge in [-0.05, 0) is 23.1 Å². The van der Waals surface area contributed by atoms with Crippen molar-refractivity contribution >= 4 is 25.5 Å². The van der Waals surface area contributed by atoms with Crippen molar-refractivity contribution in [1.29, 1.82) is 0 Å². The maximum Gasteiger partial charge on any atom is 0.247 e. The highest BCUT2D eigenvalue weighted by molar-refractivity contribution is 8.08. The first-order chi connectivity index (χ1) is 8.80. The molecule has 0 spiro atoms. The molecule has 0 radical (unpaired) electrons. The summed E-state index contributed by atoms with van der Waals surface area (Å²) in [4.78, 5) is 0. The lowest BCUT2D eigenvalue weighted by atomic mass is 9.87. The Balaban J connectivity index is 3.16. The van der Waals surface area contributed by atoms with Gasteiger partial charge in [-0.3, -0.25) is 4.72 Å². The van der Waals surface area contributed by atoms with E-state index in [1.165, 1.54) is 12.1 Å². The molecular formula is C12H19NO5S2. The second-order valence-electron chi connectivity index (χ2n) is 5.74. The Kier molecular flexibility index (Phi) is 4.40. The number of nitrogens with one attached hydrogen (secondary N) is 1. The third kappa shape index (κ3) is 5.01. The molecule has 0 aliphatic heterocycles. The lowest BCUT2D eigenvalue weighted by molar-refractivity contribution is 0.476. The van der Waals surface area contributed by atoms with Gasteiger partial charge in [0.15, 0.2) is 14.9 Å². The maximum atomic E-state index is 11.7. The van der Waals surface area contributed by atoms with Crippen molar-refractivity contribution in [3.63, 3.8) is 0 Å². The van der Waals surface area contributed by atoms with E-state index in [0.29, 0.717) is 0 Å². The Morgan fingerprint density at radius 3 is 2.15 bits per heavy atom. The zero-order chi connectivity index (χ0) is 15.8. The van der Waals surface area contributed by atoms with Crippen LogP contribution in [0.1, 0.15) is 26.3 Å². The molecular weight excluding hydrogens is 302 g/mol. The Morgan fingerprint density at radius 1 is 1.15 bits per heavy atom. The molecule has 1 aromatic carbocycles. The summed E-state index contributed by atoms with van der Waals surface area (Å²) in [6, 6.07) is 4.55. The lowest BCUT2D eigenvalue weighted by Gasteiger charge is -2.20. The average molecular weight is 321 g/mol. The molecule has 0 amide bonds. The maximum absolute atomic E-state index is 11.7. The molecule has 0 bridgehead atoms. The van der Waals surface area contributed by atoms with Gasteiger partial charge in [0.1, 0.15) is 5.75 Å². The van der Waals surface area contributed by atoms with E-state index in [2.05, 4.69) is 4.72 Å². The van der Waals surface area contributed by atoms with E-state index in [0.717, 1.165) is 11.8 Å². The summed E-state index contributed by atoms with van der Waals surface area (Å²) >= 11 is 0. The molecule has 20 heavy (non-hydrogen) atoms. The van der Waals surface area contributed by atoms with E-state index in [4.69, 9.17) is 0 Å². The minimum atomic E-state index is -4.08. The third-order valence-corrected chi connectivity index (χ3v) is 5.98. The highest BCUT2D eigenvalue weighted by atomic mass is 32.3. The van der Waals surface area contributed by atoms with Crippen LogP contribution >= 0.6 is 0 Å². The summed E-state index contributed by atoms with van der Waals surface area (Å²) in [5, 5.41) is 8.66. The first-order valence-corrected chi connectivity index (χ1v) is 9.53. The summed E-state index contributed by atoms with van der Waals surface area (Å²) < 4.78 is 47.7. The molecule has 0 aliphatic carbocycles. The molecule has 2 N–H and O–H groups in total. The van der Waals surface area contributed by atoms with Crippen LogP contribution in [0.3, 0.4) is 0 Å². The van der Waals surface area contributed by atoms with E-state index in [1.807, 2.05) is 20.8 Å². The van der Waals surface area contributed by atoms with Crippen LogP contribution in [-0.2, 0) is 25.3 Å². The zero-order valence-electron chi connectivity index (χ0n) is 11.8. The van der Waals surface area contributed by atoms with Gasteiger partial charge in [-0.25, -0.2) is 16.8 Å². The normalized spacial score (nSPS) is 13.2. The van der Waals surface area contributed by atoms with Crippen LogP contribution in [0.25, 0.3) is 0 Å². The molecule has 0 saturated carbocycles. The first-order valence-electron chi connectivity index (χ1n) is 5.82. The molecule has 0 aromatic heterocycles. The number of aromatic hydroxyl groups is 1. The van der Waals surface area contributed by atoms with Gasteiger partial charge in [0.05, 0.1) is 5.69 Å². The second-order valence-corrected chi connectivity index (χ2v) is 9.97. The van der Waals surface area contributed by atoms with Crippen LogP contribution in [0.2, 0.25) is 0 Å². The molecule has 0 aliphatic rings. The summed E-state index contributed by atoms with van der Waals surface area (Å²) in [6.45, 7) is 5.82. The molecule has 0 atom stereocenters. The number of phenolic OH excluding ortho intramolecular Hbond substituents is 1. The quantitative estimate of drug-likeness (QED) is 0.817. The second kappa shape index (κ2) is 5.25. The van der Waals surface area contributed by atoms with Gasteiger partial charge >= 0.3 is 0 Å². The summed E-state index contributed by atoms with van der Waals surface area (Å²) in [6.07, 6.45) is 0.831. The molecule has 0 saturated heterocycles. The molecule has 6 nitrogen and oxygen atoms in total. The topological polar surface area (TPSA) is 101 Å². The van der Waals surface area contributed by atoms with Gasteiger partial charge in [0.2, 0.25) is 10.0 Å². The van der Waals surface area contributed by atoms with Crippen LogP contribution in [0.5, 0.6) is 5.75 Å². The molecule has 0 heterocycles. The fourth-order valence-electron chi connectivity index (χ4n) is 1.56. The molecule has 8 heteroatoms. The molecule has 0 unspecified atom stereocenters. The van der Waals surface area contributed by atoms with Crippen molar-refractivity contribution in [1.82, 2.24) is 0 Å². The number of anilines is 1. The van der Waals surface area contributed by atoms with Gasteiger partial charge in [-0.15, -0.1) is 0 Å².